The first-order chi connectivity index (χ1) is 18.0. The first-order valence-electron chi connectivity index (χ1n) is 12.2. The van der Waals surface area contributed by atoms with Gasteiger partial charge in [-0.2, -0.15) is 0 Å². The predicted octanol–water partition coefficient (Wildman–Crippen LogP) is 6.20. The molecule has 1 atom stereocenters. The van der Waals surface area contributed by atoms with E-state index in [1.54, 1.807) is 12.1 Å². The molecule has 0 radical (unpaired) electrons. The van der Waals surface area contributed by atoms with Gasteiger partial charge >= 0.3 is 0 Å². The van der Waals surface area contributed by atoms with Gasteiger partial charge in [-0.1, -0.05) is 103 Å². The summed E-state index contributed by atoms with van der Waals surface area (Å²) in [5, 5.41) is 11.2. The molecule has 1 heterocycles. The van der Waals surface area contributed by atoms with Gasteiger partial charge in [0.1, 0.15) is 18.1 Å². The van der Waals surface area contributed by atoms with E-state index in [0.717, 1.165) is 22.3 Å². The number of rotatable bonds is 7. The summed E-state index contributed by atoms with van der Waals surface area (Å²) in [5.41, 5.74) is 4.28. The minimum Gasteiger partial charge on any atom is -0.507 e. The number of aliphatic hydroxyl groups excluding tert-OH is 1. The van der Waals surface area contributed by atoms with Crippen molar-refractivity contribution in [2.24, 2.45) is 0 Å². The second kappa shape index (κ2) is 10.5. The van der Waals surface area contributed by atoms with Crippen LogP contribution in [0.25, 0.3) is 5.76 Å². The van der Waals surface area contributed by atoms with Crippen LogP contribution in [0.4, 0.5) is 0 Å². The van der Waals surface area contributed by atoms with Crippen LogP contribution in [-0.4, -0.2) is 21.7 Å². The summed E-state index contributed by atoms with van der Waals surface area (Å²) in [6.07, 6.45) is 0. The van der Waals surface area contributed by atoms with E-state index < -0.39 is 17.7 Å². The number of amides is 1. The van der Waals surface area contributed by atoms with Crippen molar-refractivity contribution in [3.05, 3.63) is 143 Å². The number of likely N-dealkylation sites (tertiary alicyclic amines) is 1. The van der Waals surface area contributed by atoms with E-state index in [0.29, 0.717) is 17.9 Å². The largest absolute Gasteiger partial charge is 0.507 e. The van der Waals surface area contributed by atoms with E-state index in [1.165, 1.54) is 4.90 Å². The number of aliphatic hydroxyl groups is 1. The number of nitrogens with zero attached hydrogens (tertiary/aromatic N) is 1. The highest BCUT2D eigenvalue weighted by atomic mass is 16.5. The SMILES string of the molecule is Cc1ccc(C(O)=C2C(=O)C(=O)N(Cc3ccccc3)C2c2ccc(OCc3ccccc3)cc2)cc1. The Morgan fingerprint density at radius 1 is 0.784 bits per heavy atom. The Morgan fingerprint density at radius 3 is 2.00 bits per heavy atom. The number of Topliss-reactive ketones (excluding diaryl/α,β-unsaturated/α-hetero) is 1. The molecular weight excluding hydrogens is 462 g/mol. The molecule has 1 N–H and O–H groups in total. The van der Waals surface area contributed by atoms with E-state index in [1.807, 2.05) is 104 Å². The average molecular weight is 490 g/mol. The number of hydrogen-bond acceptors (Lipinski definition) is 4. The summed E-state index contributed by atoms with van der Waals surface area (Å²) >= 11 is 0. The quantitative estimate of drug-likeness (QED) is 0.191. The Bertz CT molecular complexity index is 1430. The maximum Gasteiger partial charge on any atom is 0.295 e. The molecule has 4 aromatic carbocycles. The summed E-state index contributed by atoms with van der Waals surface area (Å²) in [4.78, 5) is 28.0. The molecule has 0 bridgehead atoms. The number of carbonyl (C=O) groups is 2. The van der Waals surface area contributed by atoms with Crippen LogP contribution in [0, 0.1) is 6.92 Å². The molecule has 1 saturated heterocycles. The van der Waals surface area contributed by atoms with E-state index in [-0.39, 0.29) is 17.9 Å². The number of hydrogen-bond donors (Lipinski definition) is 1. The van der Waals surface area contributed by atoms with Crippen LogP contribution in [-0.2, 0) is 22.7 Å². The molecule has 5 rings (SSSR count). The highest BCUT2D eigenvalue weighted by Gasteiger charge is 2.46. The van der Waals surface area contributed by atoms with Crippen LogP contribution < -0.4 is 4.74 Å². The van der Waals surface area contributed by atoms with Crippen molar-refractivity contribution in [1.82, 2.24) is 4.90 Å². The number of aryl methyl sites for hydroxylation is 1. The van der Waals surface area contributed by atoms with Crippen LogP contribution in [0.15, 0.2) is 115 Å². The molecule has 0 spiro atoms. The summed E-state index contributed by atoms with van der Waals surface area (Å²) in [5.74, 6) is -0.829. The van der Waals surface area contributed by atoms with Crippen molar-refractivity contribution in [2.75, 3.05) is 0 Å². The van der Waals surface area contributed by atoms with Gasteiger partial charge in [0.2, 0.25) is 0 Å². The lowest BCUT2D eigenvalue weighted by molar-refractivity contribution is -0.140. The van der Waals surface area contributed by atoms with E-state index in [2.05, 4.69) is 0 Å². The van der Waals surface area contributed by atoms with Gasteiger partial charge in [-0.25, -0.2) is 0 Å². The molecule has 1 amide bonds. The van der Waals surface area contributed by atoms with E-state index in [9.17, 15) is 14.7 Å². The smallest absolute Gasteiger partial charge is 0.295 e. The second-order valence-corrected chi connectivity index (χ2v) is 9.12. The minimum atomic E-state index is -0.732. The van der Waals surface area contributed by atoms with Crippen molar-refractivity contribution >= 4 is 17.4 Å². The van der Waals surface area contributed by atoms with Crippen LogP contribution >= 0.6 is 0 Å². The molecule has 1 aliphatic heterocycles. The summed E-state index contributed by atoms with van der Waals surface area (Å²) in [6.45, 7) is 2.62. The van der Waals surface area contributed by atoms with Crippen LogP contribution in [0.1, 0.15) is 33.9 Å². The van der Waals surface area contributed by atoms with Crippen molar-refractivity contribution in [3.8, 4) is 5.75 Å². The summed E-state index contributed by atoms with van der Waals surface area (Å²) in [6, 6.07) is 33.3. The van der Waals surface area contributed by atoms with Gasteiger partial charge in [-0.3, -0.25) is 9.59 Å². The monoisotopic (exact) mass is 489 g/mol. The zero-order chi connectivity index (χ0) is 25.8. The fraction of sp³-hybridized carbons (Fsp3) is 0.125. The molecule has 5 heteroatoms. The molecular formula is C32H27NO4. The third-order valence-corrected chi connectivity index (χ3v) is 6.50. The van der Waals surface area contributed by atoms with Gasteiger partial charge in [0.25, 0.3) is 11.7 Å². The van der Waals surface area contributed by atoms with Gasteiger partial charge in [-0.05, 0) is 35.7 Å². The molecule has 1 fully saturated rings. The van der Waals surface area contributed by atoms with Gasteiger partial charge < -0.3 is 14.7 Å². The number of ketones is 1. The molecule has 1 unspecified atom stereocenters. The molecule has 37 heavy (non-hydrogen) atoms. The first-order valence-corrected chi connectivity index (χ1v) is 12.2. The maximum atomic E-state index is 13.3. The summed E-state index contributed by atoms with van der Waals surface area (Å²) < 4.78 is 5.92. The molecule has 184 valence electrons. The van der Waals surface area contributed by atoms with E-state index in [4.69, 9.17) is 4.74 Å². The van der Waals surface area contributed by atoms with Crippen LogP contribution in [0.3, 0.4) is 0 Å². The number of carbonyl (C=O) groups excluding carboxylic acids is 2. The maximum absolute atomic E-state index is 13.3. The Balaban J connectivity index is 1.51. The lowest BCUT2D eigenvalue weighted by atomic mass is 9.95. The Hall–Kier alpha value is -4.64. The fourth-order valence-electron chi connectivity index (χ4n) is 4.52. The highest BCUT2D eigenvalue weighted by molar-refractivity contribution is 6.46. The predicted molar refractivity (Wildman–Crippen MR) is 143 cm³/mol. The van der Waals surface area contributed by atoms with Crippen molar-refractivity contribution in [3.63, 3.8) is 0 Å². The van der Waals surface area contributed by atoms with Crippen LogP contribution in [0.5, 0.6) is 5.75 Å². The average Bonchev–Trinajstić information content (AvgIpc) is 3.18. The second-order valence-electron chi connectivity index (χ2n) is 9.12. The standard InChI is InChI=1S/C32H27NO4/c1-22-12-14-26(15-13-22)30(34)28-29(33(32(36)31(28)35)20-23-8-4-2-5-9-23)25-16-18-27(19-17-25)37-21-24-10-6-3-7-11-24/h2-19,29,34H,20-21H2,1H3. The number of benzene rings is 4. The van der Waals surface area contributed by atoms with E-state index >= 15 is 0 Å². The molecule has 4 aromatic rings. The zero-order valence-electron chi connectivity index (χ0n) is 20.5. The first kappa shape index (κ1) is 24.1. The molecule has 1 aliphatic rings. The third-order valence-electron chi connectivity index (χ3n) is 6.50. The van der Waals surface area contributed by atoms with Gasteiger partial charge in [-0.15, -0.1) is 0 Å². The Kier molecular flexibility index (Phi) is 6.86. The van der Waals surface area contributed by atoms with Crippen molar-refractivity contribution < 1.29 is 19.4 Å². The van der Waals surface area contributed by atoms with Crippen molar-refractivity contribution in [2.45, 2.75) is 26.1 Å². The normalized spacial score (nSPS) is 16.7. The summed E-state index contributed by atoms with van der Waals surface area (Å²) in [7, 11) is 0. The number of ether oxygens (including phenoxy) is 1. The molecule has 5 nitrogen and oxygen atoms in total. The molecule has 0 saturated carbocycles. The van der Waals surface area contributed by atoms with Gasteiger partial charge in [0, 0.05) is 12.1 Å². The minimum absolute atomic E-state index is 0.0859. The fourth-order valence-corrected chi connectivity index (χ4v) is 4.52. The lowest BCUT2D eigenvalue weighted by Crippen LogP contribution is -2.29. The van der Waals surface area contributed by atoms with Crippen molar-refractivity contribution in [1.29, 1.82) is 0 Å². The van der Waals surface area contributed by atoms with Gasteiger partial charge in [0.05, 0.1) is 11.6 Å². The Morgan fingerprint density at radius 2 is 1.38 bits per heavy atom. The lowest BCUT2D eigenvalue weighted by Gasteiger charge is -2.25. The topological polar surface area (TPSA) is 66.8 Å². The van der Waals surface area contributed by atoms with Crippen LogP contribution in [0.2, 0.25) is 0 Å². The van der Waals surface area contributed by atoms with Gasteiger partial charge in [0.15, 0.2) is 0 Å². The zero-order valence-corrected chi connectivity index (χ0v) is 20.5. The molecule has 0 aliphatic carbocycles. The third kappa shape index (κ3) is 5.16. The molecule has 0 aromatic heterocycles. The Labute approximate surface area is 216 Å². The highest BCUT2D eigenvalue weighted by Crippen LogP contribution is 2.40.